The molecule has 0 amide bonds. The Morgan fingerprint density at radius 3 is 2.58 bits per heavy atom. The Bertz CT molecular complexity index is 754. The summed E-state index contributed by atoms with van der Waals surface area (Å²) in [6.45, 7) is 5.95. The van der Waals surface area contributed by atoms with Gasteiger partial charge in [0.2, 0.25) is 0 Å². The third-order valence-electron chi connectivity index (χ3n) is 5.51. The Labute approximate surface area is 159 Å². The molecule has 1 aliphatic heterocycles. The number of rotatable bonds is 5. The van der Waals surface area contributed by atoms with E-state index in [1.165, 1.54) is 18.4 Å². The van der Waals surface area contributed by atoms with Crippen molar-refractivity contribution in [1.82, 2.24) is 15.0 Å². The van der Waals surface area contributed by atoms with Crippen molar-refractivity contribution in [2.24, 2.45) is 0 Å². The third-order valence-corrected chi connectivity index (χ3v) is 5.74. The number of nitrogens with zero attached hydrogens (tertiary/aromatic N) is 3. The largest absolute Gasteiger partial charge is 0.496 e. The van der Waals surface area contributed by atoms with Crippen molar-refractivity contribution in [2.45, 2.75) is 38.8 Å². The number of halogens is 1. The minimum atomic E-state index is 0.759. The van der Waals surface area contributed by atoms with Crippen LogP contribution in [0, 0.1) is 0 Å². The van der Waals surface area contributed by atoms with Gasteiger partial charge in [0.25, 0.3) is 0 Å². The number of hydrogen-bond acceptors (Lipinski definition) is 5. The molecule has 0 bridgehead atoms. The normalized spacial score (nSPS) is 18.7. The Morgan fingerprint density at radius 1 is 1.08 bits per heavy atom. The maximum absolute atomic E-state index is 6.15. The van der Waals surface area contributed by atoms with Crippen LogP contribution in [0.15, 0.2) is 22.7 Å². The lowest BCUT2D eigenvalue weighted by molar-refractivity contribution is 0.119. The standard InChI is InChI=1S/C20H26ClN3O2/c1-25-19-7-6-16(21)12-15(19)13-23-8-10-24(11-9-23)14-18-17-4-2-3-5-20(17)26-22-18/h6-7,12H,2-5,8-11,13-14H2,1H3. The second-order valence-corrected chi connectivity index (χ2v) is 7.68. The van der Waals surface area contributed by atoms with E-state index in [1.807, 2.05) is 18.2 Å². The van der Waals surface area contributed by atoms with Gasteiger partial charge >= 0.3 is 0 Å². The summed E-state index contributed by atoms with van der Waals surface area (Å²) < 4.78 is 11.0. The molecule has 1 saturated heterocycles. The molecule has 1 fully saturated rings. The first-order valence-corrected chi connectivity index (χ1v) is 9.84. The maximum atomic E-state index is 6.15. The molecular weight excluding hydrogens is 350 g/mol. The number of aryl methyl sites for hydroxylation is 1. The smallest absolute Gasteiger partial charge is 0.140 e. The highest BCUT2D eigenvalue weighted by atomic mass is 35.5. The molecule has 0 spiro atoms. The van der Waals surface area contributed by atoms with Crippen LogP contribution < -0.4 is 4.74 Å². The minimum Gasteiger partial charge on any atom is -0.496 e. The average Bonchev–Trinajstić information content (AvgIpc) is 3.07. The van der Waals surface area contributed by atoms with Crippen molar-refractivity contribution in [3.05, 3.63) is 45.8 Å². The highest BCUT2D eigenvalue weighted by Gasteiger charge is 2.23. The first kappa shape index (κ1) is 17.8. The van der Waals surface area contributed by atoms with E-state index < -0.39 is 0 Å². The Kier molecular flexibility index (Phi) is 5.48. The Balaban J connectivity index is 1.33. The summed E-state index contributed by atoms with van der Waals surface area (Å²) in [5.41, 5.74) is 3.69. The summed E-state index contributed by atoms with van der Waals surface area (Å²) in [4.78, 5) is 4.95. The van der Waals surface area contributed by atoms with E-state index in [4.69, 9.17) is 20.9 Å². The second-order valence-electron chi connectivity index (χ2n) is 7.25. The summed E-state index contributed by atoms with van der Waals surface area (Å²) >= 11 is 6.15. The van der Waals surface area contributed by atoms with Crippen LogP contribution in [0.25, 0.3) is 0 Å². The monoisotopic (exact) mass is 375 g/mol. The molecule has 6 heteroatoms. The molecule has 1 aliphatic carbocycles. The van der Waals surface area contributed by atoms with Crippen LogP contribution in [0.2, 0.25) is 5.02 Å². The van der Waals surface area contributed by atoms with E-state index in [1.54, 1.807) is 7.11 Å². The Morgan fingerprint density at radius 2 is 1.81 bits per heavy atom. The van der Waals surface area contributed by atoms with Gasteiger partial charge in [-0.05, 0) is 37.5 Å². The molecule has 5 nitrogen and oxygen atoms in total. The molecular formula is C20H26ClN3O2. The van der Waals surface area contributed by atoms with Gasteiger partial charge in [0.15, 0.2) is 0 Å². The summed E-state index contributed by atoms with van der Waals surface area (Å²) in [6.07, 6.45) is 4.67. The number of ether oxygens (including phenoxy) is 1. The van der Waals surface area contributed by atoms with Crippen molar-refractivity contribution >= 4 is 11.6 Å². The molecule has 1 aromatic carbocycles. The topological polar surface area (TPSA) is 41.7 Å². The third kappa shape index (κ3) is 3.90. The van der Waals surface area contributed by atoms with E-state index in [9.17, 15) is 0 Å². The number of piperazine rings is 1. The van der Waals surface area contributed by atoms with Crippen molar-refractivity contribution in [2.75, 3.05) is 33.3 Å². The summed E-state index contributed by atoms with van der Waals surface area (Å²) in [7, 11) is 1.71. The lowest BCUT2D eigenvalue weighted by Crippen LogP contribution is -2.45. The van der Waals surface area contributed by atoms with E-state index in [0.717, 1.165) is 79.9 Å². The lowest BCUT2D eigenvalue weighted by Gasteiger charge is -2.34. The summed E-state index contributed by atoms with van der Waals surface area (Å²) in [6, 6.07) is 5.83. The number of fused-ring (bicyclic) bond motifs is 1. The van der Waals surface area contributed by atoms with Crippen molar-refractivity contribution in [3.63, 3.8) is 0 Å². The quantitative estimate of drug-likeness (QED) is 0.799. The zero-order valence-corrected chi connectivity index (χ0v) is 16.1. The van der Waals surface area contributed by atoms with Crippen molar-refractivity contribution in [3.8, 4) is 5.75 Å². The molecule has 2 aliphatic rings. The van der Waals surface area contributed by atoms with Gasteiger partial charge in [-0.2, -0.15) is 0 Å². The SMILES string of the molecule is COc1ccc(Cl)cc1CN1CCN(Cc2noc3c2CCCC3)CC1. The van der Waals surface area contributed by atoms with Crippen LogP contribution in [0.5, 0.6) is 5.75 Å². The fourth-order valence-electron chi connectivity index (χ4n) is 4.00. The van der Waals surface area contributed by atoms with Gasteiger partial charge in [-0.25, -0.2) is 0 Å². The van der Waals surface area contributed by atoms with Crippen LogP contribution in [0.4, 0.5) is 0 Å². The zero-order valence-electron chi connectivity index (χ0n) is 15.3. The summed E-state index contributed by atoms with van der Waals surface area (Å²) in [5.74, 6) is 2.03. The minimum absolute atomic E-state index is 0.759. The van der Waals surface area contributed by atoms with E-state index in [0.29, 0.717) is 0 Å². The fourth-order valence-corrected chi connectivity index (χ4v) is 4.20. The van der Waals surface area contributed by atoms with Gasteiger partial charge in [0.05, 0.1) is 7.11 Å². The van der Waals surface area contributed by atoms with Crippen LogP contribution in [0.3, 0.4) is 0 Å². The highest BCUT2D eigenvalue weighted by Crippen LogP contribution is 2.26. The molecule has 4 rings (SSSR count). The molecule has 0 saturated carbocycles. The summed E-state index contributed by atoms with van der Waals surface area (Å²) in [5, 5.41) is 5.11. The number of hydrogen-bond donors (Lipinski definition) is 0. The molecule has 26 heavy (non-hydrogen) atoms. The first-order chi connectivity index (χ1) is 12.7. The predicted octanol–water partition coefficient (Wildman–Crippen LogP) is 3.53. The molecule has 2 heterocycles. The molecule has 0 radical (unpaired) electrons. The molecule has 0 N–H and O–H groups in total. The lowest BCUT2D eigenvalue weighted by atomic mass is 9.96. The molecule has 0 atom stereocenters. The van der Waals surface area contributed by atoms with E-state index in [-0.39, 0.29) is 0 Å². The average molecular weight is 376 g/mol. The van der Waals surface area contributed by atoms with Crippen LogP contribution >= 0.6 is 11.6 Å². The molecule has 2 aromatic rings. The van der Waals surface area contributed by atoms with Crippen LogP contribution in [-0.4, -0.2) is 48.2 Å². The van der Waals surface area contributed by atoms with Gasteiger partial charge in [-0.1, -0.05) is 16.8 Å². The van der Waals surface area contributed by atoms with Gasteiger partial charge in [-0.3, -0.25) is 9.80 Å². The Hall–Kier alpha value is -1.56. The second kappa shape index (κ2) is 7.99. The number of benzene rings is 1. The van der Waals surface area contributed by atoms with E-state index >= 15 is 0 Å². The first-order valence-electron chi connectivity index (χ1n) is 9.46. The molecule has 1 aromatic heterocycles. The fraction of sp³-hybridized carbons (Fsp3) is 0.550. The molecule has 140 valence electrons. The molecule has 0 unspecified atom stereocenters. The van der Waals surface area contributed by atoms with Crippen molar-refractivity contribution in [1.29, 1.82) is 0 Å². The van der Waals surface area contributed by atoms with Gasteiger partial charge in [-0.15, -0.1) is 0 Å². The van der Waals surface area contributed by atoms with Crippen molar-refractivity contribution < 1.29 is 9.26 Å². The van der Waals surface area contributed by atoms with E-state index in [2.05, 4.69) is 15.0 Å². The van der Waals surface area contributed by atoms with Gasteiger partial charge in [0, 0.05) is 61.8 Å². The van der Waals surface area contributed by atoms with Gasteiger partial charge < -0.3 is 9.26 Å². The zero-order chi connectivity index (χ0) is 17.9. The van der Waals surface area contributed by atoms with Crippen LogP contribution in [-0.2, 0) is 25.9 Å². The van der Waals surface area contributed by atoms with Gasteiger partial charge in [0.1, 0.15) is 17.2 Å². The van der Waals surface area contributed by atoms with Crippen LogP contribution in [0.1, 0.15) is 35.4 Å². The highest BCUT2D eigenvalue weighted by molar-refractivity contribution is 6.30. The maximum Gasteiger partial charge on any atom is 0.140 e. The number of methoxy groups -OCH3 is 1. The number of aromatic nitrogens is 1. The predicted molar refractivity (Wildman–Crippen MR) is 102 cm³/mol.